The van der Waals surface area contributed by atoms with Crippen LogP contribution in [0.2, 0.25) is 10.0 Å². The Labute approximate surface area is 222 Å². The second kappa shape index (κ2) is 15.1. The number of ether oxygens (including phenoxy) is 3. The number of nitrogens with one attached hydrogen (secondary N) is 2. The van der Waals surface area contributed by atoms with Crippen molar-refractivity contribution in [2.75, 3.05) is 71.6 Å². The first-order valence-electron chi connectivity index (χ1n) is 11.9. The average Bonchev–Trinajstić information content (AvgIpc) is 2.85. The molecule has 1 aliphatic rings. The molecule has 36 heavy (non-hydrogen) atoms. The highest BCUT2D eigenvalue weighted by molar-refractivity contribution is 6.35. The number of urea groups is 1. The zero-order valence-electron chi connectivity index (χ0n) is 20.6. The zero-order chi connectivity index (χ0) is 25.8. The monoisotopic (exact) mass is 536 g/mol. The van der Waals surface area contributed by atoms with Gasteiger partial charge < -0.3 is 29.7 Å². The fraction of sp³-hybridized carbons (Fsp3) is 0.462. The highest BCUT2D eigenvalue weighted by Crippen LogP contribution is 2.38. The van der Waals surface area contributed by atoms with Gasteiger partial charge in [-0.05, 0) is 54.7 Å². The van der Waals surface area contributed by atoms with Crippen molar-refractivity contribution in [3.63, 3.8) is 0 Å². The van der Waals surface area contributed by atoms with Gasteiger partial charge in [0, 0.05) is 41.3 Å². The zero-order valence-corrected chi connectivity index (χ0v) is 22.1. The summed E-state index contributed by atoms with van der Waals surface area (Å²) in [6, 6.07) is 11.4. The number of hydrogen-bond donors (Lipinski definition) is 2. The van der Waals surface area contributed by atoms with Gasteiger partial charge in [-0.15, -0.1) is 0 Å². The van der Waals surface area contributed by atoms with E-state index >= 15 is 0 Å². The number of nitrogens with zero attached hydrogens (tertiary/aromatic N) is 2. The number of carbonyl (C=O) groups is 1. The summed E-state index contributed by atoms with van der Waals surface area (Å²) < 4.78 is 16.2. The van der Waals surface area contributed by atoms with E-state index in [1.807, 2.05) is 24.3 Å². The lowest BCUT2D eigenvalue weighted by Gasteiger charge is -2.33. The number of anilines is 1. The van der Waals surface area contributed by atoms with E-state index in [0.29, 0.717) is 68.5 Å². The summed E-state index contributed by atoms with van der Waals surface area (Å²) in [6.45, 7) is 8.87. The fourth-order valence-corrected chi connectivity index (χ4v) is 4.62. The van der Waals surface area contributed by atoms with Crippen LogP contribution in [0.5, 0.6) is 0 Å². The summed E-state index contributed by atoms with van der Waals surface area (Å²) in [4.78, 5) is 18.3. The van der Waals surface area contributed by atoms with Gasteiger partial charge in [-0.2, -0.15) is 0 Å². The van der Waals surface area contributed by atoms with E-state index in [4.69, 9.17) is 37.4 Å². The number of fused-ring (bicyclic) bond motifs is 1. The van der Waals surface area contributed by atoms with Gasteiger partial charge in [0.2, 0.25) is 0 Å². The molecule has 0 saturated heterocycles. The van der Waals surface area contributed by atoms with E-state index in [1.54, 1.807) is 6.07 Å². The Balaban J connectivity index is 1.40. The number of halogens is 2. The van der Waals surface area contributed by atoms with Crippen molar-refractivity contribution in [1.29, 1.82) is 0 Å². The minimum atomic E-state index is -0.287. The van der Waals surface area contributed by atoms with Crippen molar-refractivity contribution >= 4 is 41.6 Å². The quantitative estimate of drug-likeness (QED) is 0.275. The Morgan fingerprint density at radius 1 is 1.08 bits per heavy atom. The summed E-state index contributed by atoms with van der Waals surface area (Å²) in [6.07, 6.45) is 0. The third-order valence-corrected chi connectivity index (χ3v) is 6.26. The van der Waals surface area contributed by atoms with Crippen molar-refractivity contribution in [3.05, 3.63) is 63.1 Å². The van der Waals surface area contributed by atoms with Crippen molar-refractivity contribution < 1.29 is 19.0 Å². The maximum atomic E-state index is 12.4. The average molecular weight is 537 g/mol. The minimum Gasteiger partial charge on any atom is -0.377 e. The lowest BCUT2D eigenvalue weighted by atomic mass is 9.84. The number of amides is 2. The third kappa shape index (κ3) is 9.03. The minimum absolute atomic E-state index is 0.103. The van der Waals surface area contributed by atoms with E-state index < -0.39 is 0 Å². The van der Waals surface area contributed by atoms with E-state index in [-0.39, 0.29) is 11.9 Å². The van der Waals surface area contributed by atoms with Gasteiger partial charge in [0.05, 0.1) is 46.2 Å². The Bertz CT molecular complexity index is 1010. The van der Waals surface area contributed by atoms with E-state index in [1.165, 1.54) is 0 Å². The first-order chi connectivity index (χ1) is 17.5. The Hall–Kier alpha value is -2.20. The molecule has 0 spiro atoms. The first kappa shape index (κ1) is 28.4. The summed E-state index contributed by atoms with van der Waals surface area (Å²) in [7, 11) is 2.07. The first-order valence-corrected chi connectivity index (χ1v) is 12.7. The molecule has 2 amide bonds. The van der Waals surface area contributed by atoms with Crippen molar-refractivity contribution in [3.8, 4) is 0 Å². The van der Waals surface area contributed by atoms with Crippen molar-refractivity contribution in [2.24, 2.45) is 4.99 Å². The van der Waals surface area contributed by atoms with Crippen LogP contribution in [0.1, 0.15) is 22.6 Å². The van der Waals surface area contributed by atoms with Gasteiger partial charge in [0.15, 0.2) is 0 Å². The molecule has 1 unspecified atom stereocenters. The molecule has 1 aliphatic heterocycles. The molecule has 0 aliphatic carbocycles. The summed E-state index contributed by atoms with van der Waals surface area (Å²) in [5.41, 5.74) is 4.03. The van der Waals surface area contributed by atoms with Gasteiger partial charge >= 0.3 is 6.03 Å². The van der Waals surface area contributed by atoms with Crippen molar-refractivity contribution in [2.45, 2.75) is 12.5 Å². The fourth-order valence-electron chi connectivity index (χ4n) is 4.05. The molecule has 0 fully saturated rings. The molecular weight excluding hydrogens is 503 g/mol. The maximum absolute atomic E-state index is 12.4. The lowest BCUT2D eigenvalue weighted by molar-refractivity contribution is 0.0170. The van der Waals surface area contributed by atoms with Crippen LogP contribution in [0.25, 0.3) is 0 Å². The smallest absolute Gasteiger partial charge is 0.319 e. The van der Waals surface area contributed by atoms with Crippen LogP contribution < -0.4 is 10.6 Å². The van der Waals surface area contributed by atoms with Crippen molar-refractivity contribution in [1.82, 2.24) is 10.2 Å². The molecule has 2 aromatic rings. The second-order valence-electron chi connectivity index (χ2n) is 8.50. The number of hydrogen-bond acceptors (Lipinski definition) is 6. The molecule has 2 N–H and O–H groups in total. The molecule has 0 aromatic heterocycles. The van der Waals surface area contributed by atoms with Crippen LogP contribution in [0, 0.1) is 0 Å². The highest BCUT2D eigenvalue weighted by Gasteiger charge is 2.27. The number of likely N-dealkylation sites (N-methyl/N-ethyl adjacent to an activating group) is 1. The molecule has 0 bridgehead atoms. The highest BCUT2D eigenvalue weighted by atomic mass is 35.5. The number of rotatable bonds is 14. The lowest BCUT2D eigenvalue weighted by Crippen LogP contribution is -2.32. The molecule has 2 aromatic carbocycles. The van der Waals surface area contributed by atoms with Crippen LogP contribution >= 0.6 is 23.2 Å². The van der Waals surface area contributed by atoms with Crippen LogP contribution in [-0.4, -0.2) is 84.0 Å². The van der Waals surface area contributed by atoms with Gasteiger partial charge in [-0.1, -0.05) is 35.3 Å². The van der Waals surface area contributed by atoms with Gasteiger partial charge in [0.1, 0.15) is 0 Å². The maximum Gasteiger partial charge on any atom is 0.319 e. The molecule has 1 atom stereocenters. The Morgan fingerprint density at radius 3 is 2.56 bits per heavy atom. The van der Waals surface area contributed by atoms with Gasteiger partial charge in [-0.25, -0.2) is 4.79 Å². The van der Waals surface area contributed by atoms with Crippen LogP contribution in [0.3, 0.4) is 0 Å². The van der Waals surface area contributed by atoms with Crippen LogP contribution in [0.15, 0.2) is 41.4 Å². The molecule has 1 heterocycles. The predicted octanol–water partition coefficient (Wildman–Crippen LogP) is 4.44. The second-order valence-corrected chi connectivity index (χ2v) is 9.34. The van der Waals surface area contributed by atoms with E-state index in [9.17, 15) is 4.79 Å². The van der Waals surface area contributed by atoms with Gasteiger partial charge in [0.25, 0.3) is 0 Å². The van der Waals surface area contributed by atoms with Crippen LogP contribution in [-0.2, 0) is 20.8 Å². The number of benzene rings is 2. The number of aliphatic imine (C=N–C) groups is 1. The largest absolute Gasteiger partial charge is 0.377 e. The summed E-state index contributed by atoms with van der Waals surface area (Å²) in [5, 5.41) is 7.01. The third-order valence-electron chi connectivity index (χ3n) is 5.71. The summed E-state index contributed by atoms with van der Waals surface area (Å²) >= 11 is 12.8. The summed E-state index contributed by atoms with van der Waals surface area (Å²) in [5.74, 6) is 0.103. The SMILES string of the molecule is C=NCCOCCOCCOCCNC(=O)Nc1cccc(C2CN(C)Cc3c(Cl)cc(Cl)cc32)c1. The Kier molecular flexibility index (Phi) is 11.9. The van der Waals surface area contributed by atoms with Crippen LogP contribution in [0.4, 0.5) is 10.5 Å². The topological polar surface area (TPSA) is 84.4 Å². The molecule has 8 nitrogen and oxygen atoms in total. The van der Waals surface area contributed by atoms with E-state index in [2.05, 4.69) is 40.4 Å². The molecule has 0 saturated carbocycles. The van der Waals surface area contributed by atoms with Gasteiger partial charge in [-0.3, -0.25) is 4.99 Å². The molecular formula is C26H34Cl2N4O4. The standard InChI is InChI=1S/C26H34Cl2N4O4/c1-29-6-8-34-10-12-36-13-11-35-9-7-30-26(33)31-21-5-3-4-19(14-21)23-17-32(2)18-24-22(23)15-20(27)16-25(24)28/h3-5,14-16,23H,1,6-13,17-18H2,2H3,(H2,30,31,33). The predicted molar refractivity (Wildman–Crippen MR) is 145 cm³/mol. The van der Waals surface area contributed by atoms with E-state index in [0.717, 1.165) is 29.8 Å². The normalized spacial score (nSPS) is 15.4. The Morgan fingerprint density at radius 2 is 1.81 bits per heavy atom. The number of carbonyl (C=O) groups excluding carboxylic acids is 1. The molecule has 0 radical (unpaired) electrons. The molecule has 10 heteroatoms. The molecule has 196 valence electrons. The molecule has 3 rings (SSSR count).